The van der Waals surface area contributed by atoms with E-state index < -0.39 is 0 Å². The summed E-state index contributed by atoms with van der Waals surface area (Å²) in [5, 5.41) is 10.5. The van der Waals surface area contributed by atoms with Gasteiger partial charge in [-0.3, -0.25) is 0 Å². The van der Waals surface area contributed by atoms with Gasteiger partial charge in [-0.1, -0.05) is 30.1 Å². The number of nitrogens with zero attached hydrogens (tertiary/aromatic N) is 1. The minimum Gasteiger partial charge on any atom is -0.492 e. The van der Waals surface area contributed by atoms with Gasteiger partial charge in [-0.15, -0.1) is 0 Å². The highest BCUT2D eigenvalue weighted by molar-refractivity contribution is 6.35. The van der Waals surface area contributed by atoms with E-state index in [4.69, 9.17) is 27.9 Å². The van der Waals surface area contributed by atoms with Crippen LogP contribution in [0, 0.1) is 5.92 Å². The number of halogens is 2. The fraction of sp³-hybridized carbons (Fsp3) is 0.571. The number of aliphatic hydroxyl groups excluding tert-OH is 1. The zero-order valence-corrected chi connectivity index (χ0v) is 13.3. The molecule has 0 aromatic heterocycles. The highest BCUT2D eigenvalue weighted by Crippen LogP contribution is 2.40. The predicted molar refractivity (Wildman–Crippen MR) is 80.3 cm³/mol. The van der Waals surface area contributed by atoms with Crippen LogP contribution < -0.4 is 4.74 Å². The Bertz CT molecular complexity index is 424. The van der Waals surface area contributed by atoms with E-state index >= 15 is 0 Å². The van der Waals surface area contributed by atoms with Gasteiger partial charge in [-0.05, 0) is 39.1 Å². The number of benzene rings is 1. The van der Waals surface area contributed by atoms with Crippen molar-refractivity contribution >= 4 is 23.2 Å². The summed E-state index contributed by atoms with van der Waals surface area (Å²) in [6.45, 7) is 4.50. The molecule has 0 aliphatic rings. The molecule has 0 saturated heterocycles. The minimum atomic E-state index is -0.0113. The van der Waals surface area contributed by atoms with Gasteiger partial charge >= 0.3 is 0 Å². The van der Waals surface area contributed by atoms with Gasteiger partial charge in [0.2, 0.25) is 0 Å². The third kappa shape index (κ3) is 3.99. The lowest BCUT2D eigenvalue weighted by atomic mass is 9.93. The van der Waals surface area contributed by atoms with Gasteiger partial charge in [-0.2, -0.15) is 0 Å². The lowest BCUT2D eigenvalue weighted by Crippen LogP contribution is -2.28. The molecule has 0 amide bonds. The molecule has 1 rings (SSSR count). The van der Waals surface area contributed by atoms with Gasteiger partial charge in [0.1, 0.15) is 5.75 Å². The maximum atomic E-state index is 9.44. The van der Waals surface area contributed by atoms with Crippen LogP contribution in [-0.4, -0.2) is 37.3 Å². The topological polar surface area (TPSA) is 32.7 Å². The Morgan fingerprint density at radius 1 is 1.32 bits per heavy atom. The molecule has 0 aliphatic carbocycles. The van der Waals surface area contributed by atoms with Crippen LogP contribution in [0.1, 0.15) is 25.5 Å². The second kappa shape index (κ2) is 7.34. The number of rotatable bonds is 6. The van der Waals surface area contributed by atoms with Gasteiger partial charge in [0.25, 0.3) is 0 Å². The maximum Gasteiger partial charge on any atom is 0.142 e. The normalized spacial score (nSPS) is 14.5. The molecule has 19 heavy (non-hydrogen) atoms. The van der Waals surface area contributed by atoms with Crippen molar-refractivity contribution in [3.63, 3.8) is 0 Å². The Morgan fingerprint density at radius 2 is 1.95 bits per heavy atom. The van der Waals surface area contributed by atoms with E-state index in [0.717, 1.165) is 5.56 Å². The Labute approximate surface area is 125 Å². The summed E-state index contributed by atoms with van der Waals surface area (Å²) >= 11 is 12.3. The number of aliphatic hydroxyl groups is 1. The maximum absolute atomic E-state index is 9.44. The van der Waals surface area contributed by atoms with E-state index in [2.05, 4.69) is 0 Å². The molecule has 0 bridgehead atoms. The number of ether oxygens (including phenoxy) is 1. The molecule has 1 aromatic rings. The molecule has 0 saturated carbocycles. The van der Waals surface area contributed by atoms with Crippen molar-refractivity contribution < 1.29 is 9.84 Å². The van der Waals surface area contributed by atoms with Crippen molar-refractivity contribution in [2.45, 2.75) is 19.9 Å². The molecule has 0 radical (unpaired) electrons. The van der Waals surface area contributed by atoms with Crippen molar-refractivity contribution in [3.8, 4) is 5.75 Å². The molecule has 0 aliphatic heterocycles. The summed E-state index contributed by atoms with van der Waals surface area (Å²) in [6.07, 6.45) is 0. The summed E-state index contributed by atoms with van der Waals surface area (Å²) in [6, 6.07) is 3.52. The smallest absolute Gasteiger partial charge is 0.142 e. The largest absolute Gasteiger partial charge is 0.492 e. The summed E-state index contributed by atoms with van der Waals surface area (Å²) in [4.78, 5) is 2.03. The fourth-order valence-corrected chi connectivity index (χ4v) is 2.85. The van der Waals surface area contributed by atoms with E-state index in [1.165, 1.54) is 0 Å². The standard InChI is InChI=1S/C14H21Cl2NO2/c1-5-19-14-11(6-10(15)7-12(14)16)13(17(3)4)9(2)8-18/h6-7,9,13,18H,5,8H2,1-4H3. The van der Waals surface area contributed by atoms with E-state index in [0.29, 0.717) is 22.4 Å². The predicted octanol–water partition coefficient (Wildman–Crippen LogP) is 3.62. The monoisotopic (exact) mass is 305 g/mol. The number of hydrogen-bond acceptors (Lipinski definition) is 3. The lowest BCUT2D eigenvalue weighted by Gasteiger charge is -2.31. The van der Waals surface area contributed by atoms with Gasteiger partial charge in [0.05, 0.1) is 11.6 Å². The SMILES string of the molecule is CCOc1c(Cl)cc(Cl)cc1C(C(C)CO)N(C)C. The van der Waals surface area contributed by atoms with Crippen LogP contribution in [0.3, 0.4) is 0 Å². The first-order valence-electron chi connectivity index (χ1n) is 6.31. The van der Waals surface area contributed by atoms with Gasteiger partial charge < -0.3 is 14.7 Å². The average molecular weight is 306 g/mol. The molecule has 0 heterocycles. The second-order valence-electron chi connectivity index (χ2n) is 4.81. The first kappa shape index (κ1) is 16.6. The molecule has 2 unspecified atom stereocenters. The van der Waals surface area contributed by atoms with Crippen LogP contribution in [0.15, 0.2) is 12.1 Å². The molecule has 108 valence electrons. The summed E-state index contributed by atoms with van der Waals surface area (Å²) < 4.78 is 5.65. The molecule has 1 N–H and O–H groups in total. The third-order valence-corrected chi connectivity index (χ3v) is 3.53. The lowest BCUT2D eigenvalue weighted by molar-refractivity contribution is 0.143. The van der Waals surface area contributed by atoms with E-state index in [9.17, 15) is 5.11 Å². The highest BCUT2D eigenvalue weighted by atomic mass is 35.5. The molecule has 0 fully saturated rings. The molecular weight excluding hydrogens is 285 g/mol. The van der Waals surface area contributed by atoms with E-state index in [1.54, 1.807) is 6.07 Å². The van der Waals surface area contributed by atoms with Crippen LogP contribution in [0.5, 0.6) is 5.75 Å². The van der Waals surface area contributed by atoms with Crippen molar-refractivity contribution in [3.05, 3.63) is 27.7 Å². The average Bonchev–Trinajstić information content (AvgIpc) is 2.32. The Hall–Kier alpha value is -0.480. The summed E-state index contributed by atoms with van der Waals surface area (Å²) in [5.41, 5.74) is 0.908. The fourth-order valence-electron chi connectivity index (χ4n) is 2.29. The van der Waals surface area contributed by atoms with E-state index in [-0.39, 0.29) is 18.6 Å². The molecule has 5 heteroatoms. The van der Waals surface area contributed by atoms with Gasteiger partial charge in [0.15, 0.2) is 0 Å². The second-order valence-corrected chi connectivity index (χ2v) is 5.65. The quantitative estimate of drug-likeness (QED) is 0.871. The van der Waals surface area contributed by atoms with E-state index in [1.807, 2.05) is 38.9 Å². The molecule has 0 spiro atoms. The first-order valence-corrected chi connectivity index (χ1v) is 7.06. The highest BCUT2D eigenvalue weighted by Gasteiger charge is 2.26. The van der Waals surface area contributed by atoms with Crippen molar-refractivity contribution in [1.29, 1.82) is 0 Å². The Balaban J connectivity index is 3.35. The van der Waals surface area contributed by atoms with Crippen molar-refractivity contribution in [2.24, 2.45) is 5.92 Å². The summed E-state index contributed by atoms with van der Waals surface area (Å²) in [7, 11) is 3.92. The van der Waals surface area contributed by atoms with Crippen LogP contribution in [0.4, 0.5) is 0 Å². The number of hydrogen-bond donors (Lipinski definition) is 1. The van der Waals surface area contributed by atoms with Crippen LogP contribution in [0.25, 0.3) is 0 Å². The van der Waals surface area contributed by atoms with Crippen molar-refractivity contribution in [2.75, 3.05) is 27.3 Å². The Kier molecular flexibility index (Phi) is 6.40. The third-order valence-electron chi connectivity index (χ3n) is 3.03. The first-order chi connectivity index (χ1) is 8.92. The van der Waals surface area contributed by atoms with Crippen molar-refractivity contribution in [1.82, 2.24) is 4.90 Å². The summed E-state index contributed by atoms with van der Waals surface area (Å²) in [5.74, 6) is 0.691. The zero-order chi connectivity index (χ0) is 14.6. The molecule has 1 aromatic carbocycles. The van der Waals surface area contributed by atoms with Crippen LogP contribution in [0.2, 0.25) is 10.0 Å². The molecule has 3 nitrogen and oxygen atoms in total. The zero-order valence-electron chi connectivity index (χ0n) is 11.8. The Morgan fingerprint density at radius 3 is 2.42 bits per heavy atom. The van der Waals surface area contributed by atoms with Gasteiger partial charge in [-0.25, -0.2) is 0 Å². The molecular formula is C14H21Cl2NO2. The van der Waals surface area contributed by atoms with Gasteiger partial charge in [0, 0.05) is 23.2 Å². The van der Waals surface area contributed by atoms with Crippen LogP contribution >= 0.6 is 23.2 Å². The minimum absolute atomic E-state index is 0.0113. The van der Waals surface area contributed by atoms with Crippen LogP contribution in [-0.2, 0) is 0 Å². The molecule has 2 atom stereocenters.